The average Bonchev–Trinajstić information content (AvgIpc) is 2.15. The fourth-order valence-electron chi connectivity index (χ4n) is 1.36. The van der Waals surface area contributed by atoms with E-state index in [-0.39, 0.29) is 11.0 Å². The minimum atomic E-state index is -0.938. The Kier molecular flexibility index (Phi) is 3.30. The third kappa shape index (κ3) is 2.66. The van der Waals surface area contributed by atoms with E-state index < -0.39 is 11.9 Å². The van der Waals surface area contributed by atoms with Crippen molar-refractivity contribution in [3.05, 3.63) is 47.8 Å². The molecule has 1 nitrogen and oxygen atoms in total. The van der Waals surface area contributed by atoms with E-state index >= 15 is 0 Å². The standard InChI is InChI=1S/C13H17FO/c1-5-12(15)10-8-9(13(2,3)4)6-7-11(10)14/h5-8,12,15H,1H2,2-4H3. The fraction of sp³-hybridized carbons (Fsp3) is 0.385. The lowest BCUT2D eigenvalue weighted by molar-refractivity contribution is 0.223. The first kappa shape index (κ1) is 11.9. The molecule has 0 amide bonds. The zero-order valence-corrected chi connectivity index (χ0v) is 9.42. The van der Waals surface area contributed by atoms with Gasteiger partial charge in [-0.3, -0.25) is 0 Å². The molecule has 1 N–H and O–H groups in total. The summed E-state index contributed by atoms with van der Waals surface area (Å²) in [5.41, 5.74) is 1.24. The molecule has 82 valence electrons. The van der Waals surface area contributed by atoms with E-state index in [4.69, 9.17) is 0 Å². The van der Waals surface area contributed by atoms with Gasteiger partial charge in [0, 0.05) is 5.56 Å². The summed E-state index contributed by atoms with van der Waals surface area (Å²) >= 11 is 0. The van der Waals surface area contributed by atoms with Crippen molar-refractivity contribution in [2.45, 2.75) is 32.3 Å². The summed E-state index contributed by atoms with van der Waals surface area (Å²) in [6.07, 6.45) is 0.387. The van der Waals surface area contributed by atoms with Crippen LogP contribution in [0.25, 0.3) is 0 Å². The molecular weight excluding hydrogens is 191 g/mol. The first-order valence-electron chi connectivity index (χ1n) is 4.97. The maximum atomic E-state index is 13.4. The lowest BCUT2D eigenvalue weighted by Crippen LogP contribution is -2.12. The Labute approximate surface area is 90.3 Å². The smallest absolute Gasteiger partial charge is 0.129 e. The SMILES string of the molecule is C=CC(O)c1cc(C(C)(C)C)ccc1F. The molecule has 0 saturated heterocycles. The molecule has 2 heteroatoms. The largest absolute Gasteiger partial charge is 0.384 e. The van der Waals surface area contributed by atoms with Crippen molar-refractivity contribution < 1.29 is 9.50 Å². The van der Waals surface area contributed by atoms with E-state index in [2.05, 4.69) is 6.58 Å². The highest BCUT2D eigenvalue weighted by Crippen LogP contribution is 2.27. The van der Waals surface area contributed by atoms with E-state index in [1.165, 1.54) is 12.1 Å². The van der Waals surface area contributed by atoms with Crippen molar-refractivity contribution in [3.63, 3.8) is 0 Å². The van der Waals surface area contributed by atoms with Gasteiger partial charge in [-0.1, -0.05) is 32.9 Å². The Morgan fingerprint density at radius 3 is 2.47 bits per heavy atom. The molecule has 0 aliphatic carbocycles. The molecule has 0 fully saturated rings. The van der Waals surface area contributed by atoms with Crippen LogP contribution in [0.4, 0.5) is 4.39 Å². The summed E-state index contributed by atoms with van der Waals surface area (Å²) in [5, 5.41) is 9.54. The Hall–Kier alpha value is -1.15. The zero-order chi connectivity index (χ0) is 11.6. The van der Waals surface area contributed by atoms with Crippen molar-refractivity contribution in [2.75, 3.05) is 0 Å². The zero-order valence-electron chi connectivity index (χ0n) is 9.42. The number of rotatable bonds is 2. The molecule has 15 heavy (non-hydrogen) atoms. The molecule has 0 radical (unpaired) electrons. The minimum Gasteiger partial charge on any atom is -0.384 e. The van der Waals surface area contributed by atoms with E-state index in [1.807, 2.05) is 20.8 Å². The highest BCUT2D eigenvalue weighted by atomic mass is 19.1. The van der Waals surface area contributed by atoms with Gasteiger partial charge in [0.15, 0.2) is 0 Å². The number of aliphatic hydroxyl groups excluding tert-OH is 1. The van der Waals surface area contributed by atoms with Crippen molar-refractivity contribution in [2.24, 2.45) is 0 Å². The Bertz CT molecular complexity index is 363. The van der Waals surface area contributed by atoms with Gasteiger partial charge < -0.3 is 5.11 Å². The maximum Gasteiger partial charge on any atom is 0.129 e. The second-order valence-electron chi connectivity index (χ2n) is 4.67. The highest BCUT2D eigenvalue weighted by Gasteiger charge is 2.17. The molecular formula is C13H17FO. The Morgan fingerprint density at radius 1 is 1.40 bits per heavy atom. The number of aliphatic hydroxyl groups is 1. The van der Waals surface area contributed by atoms with Crippen LogP contribution in [0.3, 0.4) is 0 Å². The van der Waals surface area contributed by atoms with Crippen molar-refractivity contribution in [3.8, 4) is 0 Å². The molecule has 1 atom stereocenters. The predicted octanol–water partition coefficient (Wildman–Crippen LogP) is 3.34. The van der Waals surface area contributed by atoms with Gasteiger partial charge in [0.2, 0.25) is 0 Å². The van der Waals surface area contributed by atoms with Gasteiger partial charge in [-0.25, -0.2) is 4.39 Å². The van der Waals surface area contributed by atoms with Gasteiger partial charge in [-0.2, -0.15) is 0 Å². The van der Waals surface area contributed by atoms with Crippen LogP contribution in [0, 0.1) is 5.82 Å². The van der Waals surface area contributed by atoms with Gasteiger partial charge >= 0.3 is 0 Å². The Morgan fingerprint density at radius 2 is 2.00 bits per heavy atom. The minimum absolute atomic E-state index is 0.0522. The highest BCUT2D eigenvalue weighted by molar-refractivity contribution is 5.32. The molecule has 1 unspecified atom stereocenters. The van der Waals surface area contributed by atoms with Crippen molar-refractivity contribution in [1.82, 2.24) is 0 Å². The monoisotopic (exact) mass is 208 g/mol. The van der Waals surface area contributed by atoms with E-state index in [0.717, 1.165) is 5.56 Å². The first-order chi connectivity index (χ1) is 6.86. The molecule has 1 aromatic rings. The number of hydrogen-bond acceptors (Lipinski definition) is 1. The lowest BCUT2D eigenvalue weighted by Gasteiger charge is -2.20. The summed E-state index contributed by atoms with van der Waals surface area (Å²) < 4.78 is 13.4. The molecule has 0 saturated carbocycles. The van der Waals surface area contributed by atoms with Crippen LogP contribution >= 0.6 is 0 Å². The number of benzene rings is 1. The molecule has 0 aliphatic heterocycles. The maximum absolute atomic E-state index is 13.4. The molecule has 1 aromatic carbocycles. The molecule has 0 heterocycles. The van der Waals surface area contributed by atoms with Gasteiger partial charge in [0.25, 0.3) is 0 Å². The third-order valence-corrected chi connectivity index (χ3v) is 2.40. The second-order valence-corrected chi connectivity index (χ2v) is 4.67. The summed E-state index contributed by atoms with van der Waals surface area (Å²) in [6, 6.07) is 4.83. The normalized spacial score (nSPS) is 13.7. The summed E-state index contributed by atoms with van der Waals surface area (Å²) in [7, 11) is 0. The van der Waals surface area contributed by atoms with E-state index in [9.17, 15) is 9.50 Å². The molecule has 0 bridgehead atoms. The summed E-state index contributed by atoms with van der Waals surface area (Å²) in [6.45, 7) is 9.59. The van der Waals surface area contributed by atoms with E-state index in [1.54, 1.807) is 12.1 Å². The van der Waals surface area contributed by atoms with Crippen molar-refractivity contribution >= 4 is 0 Å². The molecule has 0 spiro atoms. The number of halogens is 1. The van der Waals surface area contributed by atoms with Gasteiger partial charge in [-0.15, -0.1) is 6.58 Å². The quantitative estimate of drug-likeness (QED) is 0.739. The van der Waals surface area contributed by atoms with Crippen LogP contribution in [0.1, 0.15) is 38.0 Å². The third-order valence-electron chi connectivity index (χ3n) is 2.40. The first-order valence-corrected chi connectivity index (χ1v) is 4.97. The summed E-state index contributed by atoms with van der Waals surface area (Å²) in [4.78, 5) is 0. The number of hydrogen-bond donors (Lipinski definition) is 1. The summed E-state index contributed by atoms with van der Waals surface area (Å²) in [5.74, 6) is -0.393. The van der Waals surface area contributed by atoms with Crippen LogP contribution in [-0.4, -0.2) is 5.11 Å². The Balaban J connectivity index is 3.22. The lowest BCUT2D eigenvalue weighted by atomic mass is 9.85. The van der Waals surface area contributed by atoms with Crippen LogP contribution in [-0.2, 0) is 5.41 Å². The van der Waals surface area contributed by atoms with Gasteiger partial charge in [-0.05, 0) is 23.1 Å². The van der Waals surface area contributed by atoms with Crippen LogP contribution in [0.5, 0.6) is 0 Å². The van der Waals surface area contributed by atoms with Crippen LogP contribution < -0.4 is 0 Å². The fourth-order valence-corrected chi connectivity index (χ4v) is 1.36. The average molecular weight is 208 g/mol. The van der Waals surface area contributed by atoms with Gasteiger partial charge in [0.05, 0.1) is 6.10 Å². The molecule has 1 rings (SSSR count). The van der Waals surface area contributed by atoms with Gasteiger partial charge in [0.1, 0.15) is 5.82 Å². The van der Waals surface area contributed by atoms with Crippen molar-refractivity contribution in [1.29, 1.82) is 0 Å². The molecule has 0 aliphatic rings. The van der Waals surface area contributed by atoms with Crippen LogP contribution in [0.2, 0.25) is 0 Å². The van der Waals surface area contributed by atoms with E-state index in [0.29, 0.717) is 0 Å². The molecule has 0 aromatic heterocycles. The topological polar surface area (TPSA) is 20.2 Å². The predicted molar refractivity (Wildman–Crippen MR) is 60.3 cm³/mol. The second kappa shape index (κ2) is 4.15. The van der Waals surface area contributed by atoms with Crippen LogP contribution in [0.15, 0.2) is 30.9 Å².